The van der Waals surface area contributed by atoms with Crippen LogP contribution in [0.25, 0.3) is 0 Å². The van der Waals surface area contributed by atoms with Crippen molar-refractivity contribution in [3.63, 3.8) is 0 Å². The van der Waals surface area contributed by atoms with E-state index in [0.29, 0.717) is 0 Å². The van der Waals surface area contributed by atoms with Gasteiger partial charge in [0.05, 0.1) is 0 Å². The highest BCUT2D eigenvalue weighted by Gasteiger charge is 2.53. The van der Waals surface area contributed by atoms with E-state index in [-0.39, 0.29) is 0 Å². The van der Waals surface area contributed by atoms with E-state index in [1.807, 2.05) is 0 Å². The van der Waals surface area contributed by atoms with E-state index in [9.17, 15) is 0 Å². The standard InChI is InChI=1S/C40H38OSi2/c1-31-25-27-39(29-33(31)3)42(35-17-9-5-10-18-35,36-19-11-6-12-20-36)41-43(37-21-13-7-14-22-37,38-23-15-8-16-24-38)40-28-26-32(2)34(4)30-40/h5-30H,1-4H3. The van der Waals surface area contributed by atoms with Gasteiger partial charge in [0.1, 0.15) is 0 Å². The number of hydrogen-bond acceptors (Lipinski definition) is 1. The van der Waals surface area contributed by atoms with E-state index in [1.54, 1.807) is 0 Å². The summed E-state index contributed by atoms with van der Waals surface area (Å²) in [6, 6.07) is 57.9. The van der Waals surface area contributed by atoms with Gasteiger partial charge in [-0.1, -0.05) is 158 Å². The largest absolute Gasteiger partial charge is 0.435 e. The van der Waals surface area contributed by atoms with E-state index in [1.165, 1.54) is 53.4 Å². The molecule has 6 aromatic rings. The van der Waals surface area contributed by atoms with Crippen LogP contribution >= 0.6 is 0 Å². The maximum Gasteiger partial charge on any atom is 0.278 e. The van der Waals surface area contributed by atoms with Gasteiger partial charge in [-0.05, 0) is 81.1 Å². The van der Waals surface area contributed by atoms with E-state index < -0.39 is 16.6 Å². The fourth-order valence-electron chi connectivity index (χ4n) is 6.20. The highest BCUT2D eigenvalue weighted by molar-refractivity contribution is 7.18. The van der Waals surface area contributed by atoms with Gasteiger partial charge in [0.15, 0.2) is 0 Å². The van der Waals surface area contributed by atoms with Gasteiger partial charge in [0.2, 0.25) is 0 Å². The Morgan fingerprint density at radius 2 is 0.581 bits per heavy atom. The summed E-state index contributed by atoms with van der Waals surface area (Å²) in [6.45, 7) is 8.82. The lowest BCUT2D eigenvalue weighted by Gasteiger charge is -2.44. The minimum atomic E-state index is -3.13. The van der Waals surface area contributed by atoms with Crippen LogP contribution in [0.3, 0.4) is 0 Å². The topological polar surface area (TPSA) is 9.23 Å². The van der Waals surface area contributed by atoms with Crippen LogP contribution < -0.4 is 31.1 Å². The molecule has 0 aromatic heterocycles. The van der Waals surface area contributed by atoms with Crippen molar-refractivity contribution in [3.05, 3.63) is 180 Å². The van der Waals surface area contributed by atoms with Crippen molar-refractivity contribution >= 4 is 47.8 Å². The fourth-order valence-corrected chi connectivity index (χ4v) is 17.0. The summed E-state index contributed by atoms with van der Waals surface area (Å²) in [6.07, 6.45) is 0. The Bertz CT molecular complexity index is 1600. The van der Waals surface area contributed by atoms with E-state index in [2.05, 4.69) is 185 Å². The summed E-state index contributed by atoms with van der Waals surface area (Å²) in [7, 11) is -6.26. The summed E-state index contributed by atoms with van der Waals surface area (Å²) in [5.74, 6) is 0. The van der Waals surface area contributed by atoms with E-state index in [0.717, 1.165) is 0 Å². The fraction of sp³-hybridized carbons (Fsp3) is 0.100. The highest BCUT2D eigenvalue weighted by atomic mass is 28.4. The van der Waals surface area contributed by atoms with Gasteiger partial charge >= 0.3 is 0 Å². The SMILES string of the molecule is Cc1ccc([Si](O[Si](c2ccccc2)(c2ccccc2)c2ccc(C)c(C)c2)(c2ccccc2)c2ccccc2)cc1C. The van der Waals surface area contributed by atoms with Gasteiger partial charge in [-0.3, -0.25) is 0 Å². The lowest BCUT2D eigenvalue weighted by atomic mass is 10.1. The van der Waals surface area contributed by atoms with E-state index >= 15 is 0 Å². The van der Waals surface area contributed by atoms with Crippen LogP contribution in [0.4, 0.5) is 0 Å². The van der Waals surface area contributed by atoms with Crippen molar-refractivity contribution in [1.29, 1.82) is 0 Å². The van der Waals surface area contributed by atoms with Gasteiger partial charge < -0.3 is 4.12 Å². The molecule has 0 fully saturated rings. The second kappa shape index (κ2) is 12.1. The summed E-state index contributed by atoms with van der Waals surface area (Å²) in [5.41, 5.74) is 5.14. The average Bonchev–Trinajstić information content (AvgIpc) is 3.06. The monoisotopic (exact) mass is 590 g/mol. The predicted octanol–water partition coefficient (Wildman–Crippen LogP) is 5.57. The predicted molar refractivity (Wildman–Crippen MR) is 188 cm³/mol. The zero-order chi connectivity index (χ0) is 29.9. The molecule has 1 nitrogen and oxygen atoms in total. The molecule has 6 rings (SSSR count). The Hall–Kier alpha value is -4.29. The van der Waals surface area contributed by atoms with Crippen molar-refractivity contribution in [2.24, 2.45) is 0 Å². The van der Waals surface area contributed by atoms with Crippen molar-refractivity contribution in [2.45, 2.75) is 27.7 Å². The van der Waals surface area contributed by atoms with Gasteiger partial charge in [-0.15, -0.1) is 0 Å². The average molecular weight is 591 g/mol. The lowest BCUT2D eigenvalue weighted by molar-refractivity contribution is 0.600. The van der Waals surface area contributed by atoms with Gasteiger partial charge in [-0.2, -0.15) is 0 Å². The maximum absolute atomic E-state index is 8.41. The Morgan fingerprint density at radius 3 is 0.837 bits per heavy atom. The summed E-state index contributed by atoms with van der Waals surface area (Å²) < 4.78 is 8.41. The Morgan fingerprint density at radius 1 is 0.302 bits per heavy atom. The molecule has 6 aromatic carbocycles. The second-order valence-electron chi connectivity index (χ2n) is 11.5. The first-order valence-electron chi connectivity index (χ1n) is 15.0. The summed E-state index contributed by atoms with van der Waals surface area (Å²) in [4.78, 5) is 0. The zero-order valence-corrected chi connectivity index (χ0v) is 27.4. The van der Waals surface area contributed by atoms with Crippen LogP contribution in [0.5, 0.6) is 0 Å². The molecule has 0 amide bonds. The van der Waals surface area contributed by atoms with Crippen molar-refractivity contribution in [1.82, 2.24) is 0 Å². The van der Waals surface area contributed by atoms with Crippen molar-refractivity contribution in [3.8, 4) is 0 Å². The highest BCUT2D eigenvalue weighted by Crippen LogP contribution is 2.21. The lowest BCUT2D eigenvalue weighted by Crippen LogP contribution is -2.81. The second-order valence-corrected chi connectivity index (χ2v) is 18.5. The molecule has 3 heteroatoms. The molecule has 0 heterocycles. The van der Waals surface area contributed by atoms with Gasteiger partial charge in [0.25, 0.3) is 16.6 Å². The number of aryl methyl sites for hydroxylation is 4. The van der Waals surface area contributed by atoms with Gasteiger partial charge in [0, 0.05) is 0 Å². The molecular formula is C40H38OSi2. The molecule has 0 bridgehead atoms. The van der Waals surface area contributed by atoms with Crippen molar-refractivity contribution < 1.29 is 4.12 Å². The molecule has 43 heavy (non-hydrogen) atoms. The minimum absolute atomic E-state index is 1.25. The molecule has 0 radical (unpaired) electrons. The third kappa shape index (κ3) is 5.25. The van der Waals surface area contributed by atoms with Crippen LogP contribution in [0, 0.1) is 27.7 Å². The number of benzene rings is 6. The Kier molecular flexibility index (Phi) is 8.13. The Balaban J connectivity index is 1.79. The Labute approximate surface area is 258 Å². The minimum Gasteiger partial charge on any atom is -0.435 e. The first kappa shape index (κ1) is 28.8. The number of hydrogen-bond donors (Lipinski definition) is 0. The third-order valence-electron chi connectivity index (χ3n) is 8.85. The van der Waals surface area contributed by atoms with Crippen molar-refractivity contribution in [2.75, 3.05) is 0 Å². The molecule has 0 saturated carbocycles. The zero-order valence-electron chi connectivity index (χ0n) is 25.4. The first-order valence-corrected chi connectivity index (χ1v) is 18.8. The molecule has 212 valence electrons. The molecule has 0 aliphatic carbocycles. The third-order valence-corrected chi connectivity index (χ3v) is 18.1. The molecule has 0 atom stereocenters. The molecular weight excluding hydrogens is 553 g/mol. The molecule has 0 aliphatic heterocycles. The first-order chi connectivity index (χ1) is 20.9. The van der Waals surface area contributed by atoms with Crippen LogP contribution in [-0.4, -0.2) is 16.6 Å². The molecule has 0 unspecified atom stereocenters. The number of rotatable bonds is 8. The molecule has 0 saturated heterocycles. The van der Waals surface area contributed by atoms with Crippen LogP contribution in [0.1, 0.15) is 22.3 Å². The summed E-state index contributed by atoms with van der Waals surface area (Å²) >= 11 is 0. The molecule has 0 N–H and O–H groups in total. The normalized spacial score (nSPS) is 11.8. The van der Waals surface area contributed by atoms with Crippen LogP contribution in [0.15, 0.2) is 158 Å². The van der Waals surface area contributed by atoms with E-state index in [4.69, 9.17) is 4.12 Å². The molecule has 0 aliphatic rings. The summed E-state index contributed by atoms with van der Waals surface area (Å²) in [5, 5.41) is 7.52. The maximum atomic E-state index is 8.41. The van der Waals surface area contributed by atoms with Crippen LogP contribution in [0.2, 0.25) is 0 Å². The van der Waals surface area contributed by atoms with Crippen LogP contribution in [-0.2, 0) is 4.12 Å². The quantitative estimate of drug-likeness (QED) is 0.166. The smallest absolute Gasteiger partial charge is 0.278 e. The van der Waals surface area contributed by atoms with Gasteiger partial charge in [-0.25, -0.2) is 0 Å². The molecule has 0 spiro atoms.